The highest BCUT2D eigenvalue weighted by molar-refractivity contribution is 7.26. The van der Waals surface area contributed by atoms with E-state index in [9.17, 15) is 0 Å². The van der Waals surface area contributed by atoms with Gasteiger partial charge in [0.25, 0.3) is 0 Å². The molecule has 7 heteroatoms. The first-order valence-corrected chi connectivity index (χ1v) is 17.7. The number of pyridine rings is 2. The number of fused-ring (bicyclic) bond motifs is 9. The van der Waals surface area contributed by atoms with Crippen LogP contribution in [0.5, 0.6) is 0 Å². The fraction of sp³-hybridized carbons (Fsp3) is 0. The van der Waals surface area contributed by atoms with Gasteiger partial charge in [-0.1, -0.05) is 84.9 Å². The molecular weight excluding hydrogens is 645 g/mol. The average Bonchev–Trinajstić information content (AvgIpc) is 3.86. The van der Waals surface area contributed by atoms with Crippen molar-refractivity contribution < 1.29 is 0 Å². The Labute approximate surface area is 295 Å². The number of thiophene rings is 1. The van der Waals surface area contributed by atoms with Gasteiger partial charge >= 0.3 is 0 Å². The van der Waals surface area contributed by atoms with Crippen LogP contribution in [0.3, 0.4) is 0 Å². The molecule has 0 N–H and O–H groups in total. The summed E-state index contributed by atoms with van der Waals surface area (Å²) in [6.07, 6.45) is 7.66. The Kier molecular flexibility index (Phi) is 6.02. The van der Waals surface area contributed by atoms with Gasteiger partial charge in [0.05, 0.1) is 38.0 Å². The quantitative estimate of drug-likeness (QED) is 0.187. The molecule has 0 unspecified atom stereocenters. The third-order valence-electron chi connectivity index (χ3n) is 9.89. The maximum absolute atomic E-state index is 5.39. The molecule has 0 radical (unpaired) electrons. The highest BCUT2D eigenvalue weighted by Gasteiger charge is 2.20. The third kappa shape index (κ3) is 4.22. The van der Waals surface area contributed by atoms with Gasteiger partial charge in [-0.3, -0.25) is 9.97 Å². The lowest BCUT2D eigenvalue weighted by molar-refractivity contribution is 1.12. The van der Waals surface area contributed by atoms with Crippen molar-refractivity contribution in [3.63, 3.8) is 0 Å². The summed E-state index contributed by atoms with van der Waals surface area (Å²) in [7, 11) is 0. The van der Waals surface area contributed by atoms with Crippen molar-refractivity contribution in [3.8, 4) is 34.0 Å². The van der Waals surface area contributed by atoms with Crippen LogP contribution in [0.15, 0.2) is 158 Å². The number of para-hydroxylation sites is 2. The summed E-state index contributed by atoms with van der Waals surface area (Å²) in [6, 6.07) is 47.0. The van der Waals surface area contributed by atoms with Crippen LogP contribution >= 0.6 is 11.3 Å². The van der Waals surface area contributed by atoms with Crippen LogP contribution < -0.4 is 0 Å². The van der Waals surface area contributed by atoms with Crippen LogP contribution in [-0.4, -0.2) is 29.1 Å². The summed E-state index contributed by atoms with van der Waals surface area (Å²) in [6.45, 7) is 0. The molecule has 0 saturated carbocycles. The predicted molar refractivity (Wildman–Crippen MR) is 210 cm³/mol. The zero-order chi connectivity index (χ0) is 33.5. The smallest absolute Gasteiger partial charge is 0.160 e. The second kappa shape index (κ2) is 10.9. The van der Waals surface area contributed by atoms with Crippen molar-refractivity contribution in [3.05, 3.63) is 158 Å². The fourth-order valence-electron chi connectivity index (χ4n) is 7.68. The maximum atomic E-state index is 5.39. The Morgan fingerprint density at radius 3 is 1.65 bits per heavy atom. The van der Waals surface area contributed by atoms with Gasteiger partial charge in [0.2, 0.25) is 0 Å². The molecule has 0 aliphatic rings. The van der Waals surface area contributed by atoms with Gasteiger partial charge < -0.3 is 9.13 Å². The summed E-state index contributed by atoms with van der Waals surface area (Å²) in [5.41, 5.74) is 10.3. The van der Waals surface area contributed by atoms with E-state index in [-0.39, 0.29) is 0 Å². The predicted octanol–water partition coefficient (Wildman–Crippen LogP) is 11.2. The molecule has 11 aromatic rings. The minimum absolute atomic E-state index is 0.679. The van der Waals surface area contributed by atoms with Crippen LogP contribution in [0, 0.1) is 0 Å². The zero-order valence-electron chi connectivity index (χ0n) is 27.1. The third-order valence-corrected chi connectivity index (χ3v) is 11.1. The summed E-state index contributed by atoms with van der Waals surface area (Å²) in [4.78, 5) is 19.8. The molecule has 51 heavy (non-hydrogen) atoms. The van der Waals surface area contributed by atoms with Crippen molar-refractivity contribution >= 4 is 75.3 Å². The van der Waals surface area contributed by atoms with Crippen LogP contribution in [0.4, 0.5) is 0 Å². The highest BCUT2D eigenvalue weighted by Crippen LogP contribution is 2.41. The van der Waals surface area contributed by atoms with Gasteiger partial charge in [-0.25, -0.2) is 9.97 Å². The van der Waals surface area contributed by atoms with Gasteiger partial charge in [-0.15, -0.1) is 11.3 Å². The SMILES string of the molecule is c1ccc(-c2nc(-c3cc(-n4c5ccccc5c5cnccc54)cc(-n4c5ccccc5c5cnccc54)c3)nc3c2sc2ccccc23)cc1. The molecule has 11 rings (SSSR count). The topological polar surface area (TPSA) is 61.4 Å². The normalized spacial score (nSPS) is 11.9. The van der Waals surface area contributed by atoms with E-state index in [0.717, 1.165) is 87.4 Å². The van der Waals surface area contributed by atoms with E-state index in [1.165, 1.54) is 4.70 Å². The van der Waals surface area contributed by atoms with Crippen LogP contribution in [0.25, 0.3) is 97.9 Å². The van der Waals surface area contributed by atoms with Crippen LogP contribution in [0.2, 0.25) is 0 Å². The molecule has 0 bridgehead atoms. The molecule has 6 nitrogen and oxygen atoms in total. The monoisotopic (exact) mass is 670 g/mol. The van der Waals surface area contributed by atoms with E-state index in [1.54, 1.807) is 11.3 Å². The first-order valence-electron chi connectivity index (χ1n) is 16.9. The Hall–Kier alpha value is -6.70. The summed E-state index contributed by atoms with van der Waals surface area (Å²) in [5, 5.41) is 5.67. The Morgan fingerprint density at radius 1 is 0.451 bits per heavy atom. The molecule has 0 fully saturated rings. The second-order valence-electron chi connectivity index (χ2n) is 12.8. The molecule has 5 aromatic carbocycles. The molecule has 0 spiro atoms. The second-order valence-corrected chi connectivity index (χ2v) is 13.8. The Balaban J connectivity index is 1.27. The minimum atomic E-state index is 0.679. The largest absolute Gasteiger partial charge is 0.309 e. The summed E-state index contributed by atoms with van der Waals surface area (Å²) in [5.74, 6) is 0.679. The van der Waals surface area contributed by atoms with Gasteiger partial charge in [-0.05, 0) is 48.5 Å². The molecule has 0 saturated heterocycles. The summed E-state index contributed by atoms with van der Waals surface area (Å²) < 4.78 is 6.97. The minimum Gasteiger partial charge on any atom is -0.309 e. The lowest BCUT2D eigenvalue weighted by Gasteiger charge is -2.16. The van der Waals surface area contributed by atoms with E-state index >= 15 is 0 Å². The first-order chi connectivity index (χ1) is 25.3. The van der Waals surface area contributed by atoms with Crippen LogP contribution in [-0.2, 0) is 0 Å². The number of rotatable bonds is 4. The molecule has 6 aromatic heterocycles. The standard InChI is InChI=1S/C44H26N6S/c1-2-10-27(11-3-1)41-43-42(33-14-6-9-17-40(33)51-43)48-44(47-41)28-22-29(49-36-15-7-4-12-31(36)34-25-45-20-18-38(34)49)24-30(23-28)50-37-16-8-5-13-32(37)35-26-46-21-19-39(35)50/h1-26H. The van der Waals surface area contributed by atoms with Gasteiger partial charge in [-0.2, -0.15) is 0 Å². The zero-order valence-corrected chi connectivity index (χ0v) is 27.9. The number of hydrogen-bond donors (Lipinski definition) is 0. The lowest BCUT2D eigenvalue weighted by Crippen LogP contribution is -2.01. The molecule has 0 amide bonds. The number of aromatic nitrogens is 6. The highest BCUT2D eigenvalue weighted by atomic mass is 32.1. The number of hydrogen-bond acceptors (Lipinski definition) is 5. The van der Waals surface area contributed by atoms with Crippen molar-refractivity contribution in [2.75, 3.05) is 0 Å². The van der Waals surface area contributed by atoms with Gasteiger partial charge in [0.1, 0.15) is 0 Å². The van der Waals surface area contributed by atoms with Crippen LogP contribution in [0.1, 0.15) is 0 Å². The molecule has 238 valence electrons. The lowest BCUT2D eigenvalue weighted by atomic mass is 10.1. The van der Waals surface area contributed by atoms with E-state index in [1.807, 2.05) is 30.9 Å². The van der Waals surface area contributed by atoms with Crippen molar-refractivity contribution in [1.82, 2.24) is 29.1 Å². The number of nitrogens with zero attached hydrogens (tertiary/aromatic N) is 6. The Bertz CT molecular complexity index is 2920. The summed E-state index contributed by atoms with van der Waals surface area (Å²) >= 11 is 1.75. The van der Waals surface area contributed by atoms with Gasteiger partial charge in [0.15, 0.2) is 5.82 Å². The molecule has 6 heterocycles. The fourth-order valence-corrected chi connectivity index (χ4v) is 8.84. The molecule has 0 aliphatic heterocycles. The van der Waals surface area contributed by atoms with Gasteiger partial charge in [0, 0.05) is 78.9 Å². The number of benzene rings is 5. The van der Waals surface area contributed by atoms with E-state index < -0.39 is 0 Å². The van der Waals surface area contributed by atoms with Crippen molar-refractivity contribution in [2.45, 2.75) is 0 Å². The van der Waals surface area contributed by atoms with E-state index in [0.29, 0.717) is 5.82 Å². The molecular formula is C44H26N6S. The van der Waals surface area contributed by atoms with Crippen molar-refractivity contribution in [2.24, 2.45) is 0 Å². The maximum Gasteiger partial charge on any atom is 0.160 e. The van der Waals surface area contributed by atoms with Crippen molar-refractivity contribution in [1.29, 1.82) is 0 Å². The molecule has 0 atom stereocenters. The Morgan fingerprint density at radius 2 is 1.00 bits per heavy atom. The average molecular weight is 671 g/mol. The first kappa shape index (κ1) is 28.2. The molecule has 0 aliphatic carbocycles. The van der Waals surface area contributed by atoms with E-state index in [2.05, 4.69) is 146 Å². The van der Waals surface area contributed by atoms with E-state index in [4.69, 9.17) is 9.97 Å².